The Kier molecular flexibility index (Phi) is 1.31. The summed E-state index contributed by atoms with van der Waals surface area (Å²) >= 11 is 0. The fourth-order valence-corrected chi connectivity index (χ4v) is 1.36. The molecule has 0 amide bonds. The number of fused-ring (bicyclic) bond motifs is 3. The summed E-state index contributed by atoms with van der Waals surface area (Å²) in [5.74, 6) is 0.359. The molecule has 0 bridgehead atoms. The molecule has 8 heteroatoms. The number of aromatic nitrogens is 6. The van der Waals surface area contributed by atoms with Gasteiger partial charge in [0, 0.05) is 6.20 Å². The van der Waals surface area contributed by atoms with E-state index in [9.17, 15) is 5.21 Å². The number of rotatable bonds is 0. The van der Waals surface area contributed by atoms with Crippen LogP contribution < -0.4 is 5.49 Å². The fourth-order valence-electron chi connectivity index (χ4n) is 1.36. The molecule has 0 aliphatic carbocycles. The Hall–Kier alpha value is -2.51. The van der Waals surface area contributed by atoms with Crippen LogP contribution in [0.5, 0.6) is 0 Å². The second-order valence-corrected chi connectivity index (χ2v) is 2.91. The Balaban J connectivity index is 2.66. The molecule has 0 saturated heterocycles. The van der Waals surface area contributed by atoms with Gasteiger partial charge in [0.2, 0.25) is 0 Å². The van der Waals surface area contributed by atoms with Crippen LogP contribution in [0, 0.1) is 5.41 Å². The summed E-state index contributed by atoms with van der Waals surface area (Å²) in [5, 5.41) is 28.3. The smallest absolute Gasteiger partial charge is 0.272 e. The van der Waals surface area contributed by atoms with Crippen LogP contribution in [0.3, 0.4) is 0 Å². The molecule has 0 atom stereocenters. The van der Waals surface area contributed by atoms with Crippen LogP contribution in [0.1, 0.15) is 0 Å². The number of hydrogen-bond donors (Lipinski definition) is 2. The van der Waals surface area contributed by atoms with Gasteiger partial charge in [-0.25, -0.2) is 0 Å². The molecule has 0 aliphatic rings. The Bertz CT molecular complexity index is 712. The number of hydrogen-bond acceptors (Lipinski definition) is 6. The summed E-state index contributed by atoms with van der Waals surface area (Å²) in [6.45, 7) is 0. The van der Waals surface area contributed by atoms with Gasteiger partial charge in [0.05, 0.1) is 0 Å². The van der Waals surface area contributed by atoms with E-state index in [0.717, 1.165) is 0 Å². The van der Waals surface area contributed by atoms with Crippen LogP contribution in [0.15, 0.2) is 18.6 Å². The molecule has 0 radical (unpaired) electrons. The lowest BCUT2D eigenvalue weighted by atomic mass is 10.4. The van der Waals surface area contributed by atoms with Crippen molar-refractivity contribution in [3.05, 3.63) is 24.1 Å². The van der Waals surface area contributed by atoms with Gasteiger partial charge in [-0.1, -0.05) is 0 Å². The highest BCUT2D eigenvalue weighted by molar-refractivity contribution is 5.73. The van der Waals surface area contributed by atoms with Crippen LogP contribution in [-0.4, -0.2) is 34.7 Å². The Morgan fingerprint density at radius 3 is 3.07 bits per heavy atom. The quantitative estimate of drug-likeness (QED) is 0.465. The fraction of sp³-hybridized carbons (Fsp3) is 0. The zero-order valence-corrected chi connectivity index (χ0v) is 7.36. The van der Waals surface area contributed by atoms with Gasteiger partial charge in [-0.3, -0.25) is 5.41 Å². The number of nitrogens with one attached hydrogen (secondary N) is 1. The average molecular weight is 203 g/mol. The SMILES string of the molecule is N=c1c2nnc3ncnn3c2ccn1O. The molecule has 3 rings (SSSR count). The molecular weight excluding hydrogens is 198 g/mol. The van der Waals surface area contributed by atoms with Crippen molar-refractivity contribution in [1.29, 1.82) is 5.41 Å². The lowest BCUT2D eigenvalue weighted by Gasteiger charge is -2.00. The van der Waals surface area contributed by atoms with E-state index in [2.05, 4.69) is 20.3 Å². The molecule has 3 aromatic heterocycles. The normalized spacial score (nSPS) is 11.2. The largest absolute Gasteiger partial charge is 0.427 e. The minimum atomic E-state index is -0.141. The van der Waals surface area contributed by atoms with Crippen molar-refractivity contribution in [1.82, 2.24) is 29.5 Å². The first kappa shape index (κ1) is 7.85. The molecule has 2 N–H and O–H groups in total. The molecule has 0 spiro atoms. The van der Waals surface area contributed by atoms with Gasteiger partial charge in [0.1, 0.15) is 11.8 Å². The van der Waals surface area contributed by atoms with E-state index >= 15 is 0 Å². The molecule has 0 aliphatic heterocycles. The highest BCUT2D eigenvalue weighted by Gasteiger charge is 2.06. The van der Waals surface area contributed by atoms with Gasteiger partial charge >= 0.3 is 0 Å². The van der Waals surface area contributed by atoms with E-state index in [1.807, 2.05) is 0 Å². The number of pyridine rings is 1. The van der Waals surface area contributed by atoms with E-state index in [4.69, 9.17) is 5.41 Å². The van der Waals surface area contributed by atoms with E-state index in [1.165, 1.54) is 17.0 Å². The summed E-state index contributed by atoms with van der Waals surface area (Å²) < 4.78 is 2.13. The third kappa shape index (κ3) is 0.923. The van der Waals surface area contributed by atoms with Crippen LogP contribution in [0.4, 0.5) is 0 Å². The third-order valence-corrected chi connectivity index (χ3v) is 2.07. The highest BCUT2D eigenvalue weighted by Crippen LogP contribution is 2.04. The van der Waals surface area contributed by atoms with Gasteiger partial charge in [-0.2, -0.15) is 19.3 Å². The van der Waals surface area contributed by atoms with Crippen molar-refractivity contribution in [3.8, 4) is 0 Å². The molecule has 0 aromatic carbocycles. The first-order chi connectivity index (χ1) is 7.27. The Morgan fingerprint density at radius 1 is 1.33 bits per heavy atom. The van der Waals surface area contributed by atoms with Crippen molar-refractivity contribution in [3.63, 3.8) is 0 Å². The molecule has 0 fully saturated rings. The van der Waals surface area contributed by atoms with Crippen LogP contribution in [-0.2, 0) is 0 Å². The van der Waals surface area contributed by atoms with Gasteiger partial charge in [-0.05, 0) is 6.07 Å². The Labute approximate surface area is 81.9 Å². The minimum absolute atomic E-state index is 0.141. The van der Waals surface area contributed by atoms with Crippen molar-refractivity contribution < 1.29 is 5.21 Å². The van der Waals surface area contributed by atoms with Crippen molar-refractivity contribution >= 4 is 16.8 Å². The van der Waals surface area contributed by atoms with Crippen molar-refractivity contribution in [2.24, 2.45) is 0 Å². The molecule has 3 heterocycles. The molecule has 15 heavy (non-hydrogen) atoms. The standard InChI is InChI=1S/C7H5N7O/c8-6-5-4(1-2-13(6)15)14-7(12-11-5)9-3-10-14/h1-3,8,15H. The van der Waals surface area contributed by atoms with Crippen LogP contribution in [0.25, 0.3) is 16.8 Å². The maximum atomic E-state index is 9.26. The molecule has 0 unspecified atom stereocenters. The molecule has 74 valence electrons. The number of nitrogens with zero attached hydrogens (tertiary/aromatic N) is 6. The van der Waals surface area contributed by atoms with E-state index < -0.39 is 0 Å². The lowest BCUT2D eigenvalue weighted by molar-refractivity contribution is 0.172. The van der Waals surface area contributed by atoms with Gasteiger partial charge in [0.25, 0.3) is 5.78 Å². The zero-order valence-electron chi connectivity index (χ0n) is 7.36. The van der Waals surface area contributed by atoms with Crippen LogP contribution >= 0.6 is 0 Å². The maximum absolute atomic E-state index is 9.26. The highest BCUT2D eigenvalue weighted by atomic mass is 16.5. The first-order valence-electron chi connectivity index (χ1n) is 4.09. The molecular formula is C7H5N7O. The minimum Gasteiger partial charge on any atom is -0.427 e. The maximum Gasteiger partial charge on any atom is 0.272 e. The molecule has 8 nitrogen and oxygen atoms in total. The monoisotopic (exact) mass is 203 g/mol. The summed E-state index contributed by atoms with van der Waals surface area (Å²) in [7, 11) is 0. The van der Waals surface area contributed by atoms with Crippen LogP contribution in [0.2, 0.25) is 0 Å². The molecule has 3 aromatic rings. The third-order valence-electron chi connectivity index (χ3n) is 2.07. The van der Waals surface area contributed by atoms with Gasteiger partial charge in [-0.15, -0.1) is 10.2 Å². The predicted octanol–water partition coefficient (Wildman–Crippen LogP) is -0.809. The van der Waals surface area contributed by atoms with Gasteiger partial charge < -0.3 is 5.21 Å². The first-order valence-corrected chi connectivity index (χ1v) is 4.09. The summed E-state index contributed by atoms with van der Waals surface area (Å²) in [4.78, 5) is 3.87. The predicted molar refractivity (Wildman–Crippen MR) is 47.1 cm³/mol. The topological polar surface area (TPSA) is 105 Å². The van der Waals surface area contributed by atoms with E-state index in [0.29, 0.717) is 16.0 Å². The average Bonchev–Trinajstić information content (AvgIpc) is 2.71. The summed E-state index contributed by atoms with van der Waals surface area (Å²) in [5.41, 5.74) is 0.697. The Morgan fingerprint density at radius 2 is 2.20 bits per heavy atom. The second-order valence-electron chi connectivity index (χ2n) is 2.91. The molecule has 0 saturated carbocycles. The van der Waals surface area contributed by atoms with Crippen molar-refractivity contribution in [2.75, 3.05) is 0 Å². The summed E-state index contributed by atoms with van der Waals surface area (Å²) in [6.07, 6.45) is 2.69. The van der Waals surface area contributed by atoms with Crippen molar-refractivity contribution in [2.45, 2.75) is 0 Å². The lowest BCUT2D eigenvalue weighted by Crippen LogP contribution is -2.19. The zero-order chi connectivity index (χ0) is 10.4. The van der Waals surface area contributed by atoms with E-state index in [-0.39, 0.29) is 11.0 Å². The second kappa shape index (κ2) is 2.50. The summed E-state index contributed by atoms with van der Waals surface area (Å²) in [6, 6.07) is 1.59. The van der Waals surface area contributed by atoms with E-state index in [1.54, 1.807) is 6.07 Å². The van der Waals surface area contributed by atoms with Gasteiger partial charge in [0.15, 0.2) is 11.0 Å².